The lowest BCUT2D eigenvalue weighted by molar-refractivity contribution is -0.135. The molecule has 28 heavy (non-hydrogen) atoms. The van der Waals surface area contributed by atoms with E-state index in [9.17, 15) is 4.79 Å². The summed E-state index contributed by atoms with van der Waals surface area (Å²) in [6, 6.07) is 14.2. The van der Waals surface area contributed by atoms with Gasteiger partial charge in [-0.2, -0.15) is 0 Å². The number of benzene rings is 2. The number of carbonyl (C=O) groups is 1. The number of para-hydroxylation sites is 1. The third-order valence-electron chi connectivity index (χ3n) is 5.26. The topological polar surface area (TPSA) is 45.7 Å². The van der Waals surface area contributed by atoms with Crippen molar-refractivity contribution in [2.45, 2.75) is 20.4 Å². The van der Waals surface area contributed by atoms with Gasteiger partial charge in [-0.15, -0.1) is 11.3 Å². The lowest BCUT2D eigenvalue weighted by Gasteiger charge is -2.34. The smallest absolute Gasteiger partial charge is 0.260 e. The van der Waals surface area contributed by atoms with Crippen LogP contribution < -0.4 is 4.74 Å². The van der Waals surface area contributed by atoms with Crippen LogP contribution in [0, 0.1) is 13.8 Å². The van der Waals surface area contributed by atoms with Crippen LogP contribution in [0.15, 0.2) is 42.5 Å². The maximum atomic E-state index is 12.5. The number of rotatable bonds is 5. The molecule has 0 saturated carbocycles. The van der Waals surface area contributed by atoms with E-state index in [1.807, 2.05) is 29.2 Å². The number of hydrogen-bond donors (Lipinski definition) is 0. The second-order valence-electron chi connectivity index (χ2n) is 7.27. The molecular formula is C22H25N3O2S. The molecule has 1 saturated heterocycles. The summed E-state index contributed by atoms with van der Waals surface area (Å²) >= 11 is 1.75. The predicted octanol–water partition coefficient (Wildman–Crippen LogP) is 3.64. The van der Waals surface area contributed by atoms with Crippen molar-refractivity contribution in [3.63, 3.8) is 0 Å². The Labute approximate surface area is 169 Å². The van der Waals surface area contributed by atoms with Gasteiger partial charge in [0, 0.05) is 26.2 Å². The fourth-order valence-corrected chi connectivity index (χ4v) is 4.38. The standard InChI is InChI=1S/C22H25N3O2S/c1-16-7-8-18(13-17(16)2)27-15-22(26)25-11-9-24(10-12-25)14-21-23-19-5-3-4-6-20(19)28-21/h3-8,13H,9-12,14-15H2,1-2H3. The van der Waals surface area contributed by atoms with Gasteiger partial charge in [-0.25, -0.2) is 4.98 Å². The van der Waals surface area contributed by atoms with Crippen LogP contribution in [0.5, 0.6) is 5.75 Å². The predicted molar refractivity (Wildman–Crippen MR) is 113 cm³/mol. The number of carbonyl (C=O) groups excluding carboxylic acids is 1. The summed E-state index contributed by atoms with van der Waals surface area (Å²) in [6.45, 7) is 8.27. The van der Waals surface area contributed by atoms with Crippen LogP contribution in [0.1, 0.15) is 16.1 Å². The molecule has 2 aromatic carbocycles. The lowest BCUT2D eigenvalue weighted by Crippen LogP contribution is -2.49. The van der Waals surface area contributed by atoms with Gasteiger partial charge in [-0.05, 0) is 49.2 Å². The Bertz CT molecular complexity index is 944. The second kappa shape index (κ2) is 8.29. The summed E-state index contributed by atoms with van der Waals surface area (Å²) in [5.74, 6) is 0.809. The SMILES string of the molecule is Cc1ccc(OCC(=O)N2CCN(Cc3nc4ccccc4s3)CC2)cc1C. The van der Waals surface area contributed by atoms with Gasteiger partial charge < -0.3 is 9.64 Å². The van der Waals surface area contributed by atoms with Crippen molar-refractivity contribution in [3.05, 3.63) is 58.6 Å². The van der Waals surface area contributed by atoms with Crippen LogP contribution in [-0.4, -0.2) is 53.5 Å². The Hall–Kier alpha value is -2.44. The number of nitrogens with zero attached hydrogens (tertiary/aromatic N) is 3. The van der Waals surface area contributed by atoms with Crippen LogP contribution in [0.25, 0.3) is 10.2 Å². The first-order valence-electron chi connectivity index (χ1n) is 9.63. The van der Waals surface area contributed by atoms with E-state index >= 15 is 0 Å². The molecule has 2 heterocycles. The molecule has 0 radical (unpaired) electrons. The average Bonchev–Trinajstić information content (AvgIpc) is 3.11. The van der Waals surface area contributed by atoms with E-state index in [-0.39, 0.29) is 12.5 Å². The van der Waals surface area contributed by atoms with Crippen LogP contribution >= 0.6 is 11.3 Å². The van der Waals surface area contributed by atoms with Gasteiger partial charge in [0.1, 0.15) is 10.8 Å². The van der Waals surface area contributed by atoms with Crippen molar-refractivity contribution in [2.75, 3.05) is 32.8 Å². The zero-order valence-corrected chi connectivity index (χ0v) is 17.2. The third-order valence-corrected chi connectivity index (χ3v) is 6.28. The van der Waals surface area contributed by atoms with E-state index in [1.165, 1.54) is 15.8 Å². The molecule has 5 nitrogen and oxygen atoms in total. The number of aryl methyl sites for hydroxylation is 2. The van der Waals surface area contributed by atoms with E-state index in [4.69, 9.17) is 9.72 Å². The number of hydrogen-bond acceptors (Lipinski definition) is 5. The molecule has 0 spiro atoms. The molecule has 1 fully saturated rings. The Morgan fingerprint density at radius 2 is 1.86 bits per heavy atom. The van der Waals surface area contributed by atoms with Crippen molar-refractivity contribution >= 4 is 27.5 Å². The largest absolute Gasteiger partial charge is 0.484 e. The van der Waals surface area contributed by atoms with E-state index in [0.29, 0.717) is 0 Å². The van der Waals surface area contributed by atoms with Gasteiger partial charge >= 0.3 is 0 Å². The molecule has 1 aliphatic rings. The molecule has 0 aliphatic carbocycles. The molecule has 1 aromatic heterocycles. The van der Waals surface area contributed by atoms with Gasteiger partial charge in [-0.3, -0.25) is 9.69 Å². The summed E-state index contributed by atoms with van der Waals surface area (Å²) in [5, 5.41) is 1.14. The highest BCUT2D eigenvalue weighted by Gasteiger charge is 2.22. The highest BCUT2D eigenvalue weighted by Crippen LogP contribution is 2.23. The summed E-state index contributed by atoms with van der Waals surface area (Å²) in [4.78, 5) is 21.5. The first-order valence-corrected chi connectivity index (χ1v) is 10.4. The third kappa shape index (κ3) is 4.34. The van der Waals surface area contributed by atoms with Crippen LogP contribution in [-0.2, 0) is 11.3 Å². The van der Waals surface area contributed by atoms with E-state index < -0.39 is 0 Å². The van der Waals surface area contributed by atoms with Crippen molar-refractivity contribution in [2.24, 2.45) is 0 Å². The fraction of sp³-hybridized carbons (Fsp3) is 0.364. The molecule has 1 amide bonds. The second-order valence-corrected chi connectivity index (χ2v) is 8.38. The van der Waals surface area contributed by atoms with Gasteiger partial charge in [0.25, 0.3) is 5.91 Å². The molecule has 4 rings (SSSR count). The molecule has 0 atom stereocenters. The molecular weight excluding hydrogens is 370 g/mol. The lowest BCUT2D eigenvalue weighted by atomic mass is 10.1. The first-order chi connectivity index (χ1) is 13.6. The average molecular weight is 396 g/mol. The number of amides is 1. The maximum Gasteiger partial charge on any atom is 0.260 e. The monoisotopic (exact) mass is 395 g/mol. The van der Waals surface area contributed by atoms with Crippen molar-refractivity contribution in [3.8, 4) is 5.75 Å². The molecule has 1 aliphatic heterocycles. The Balaban J connectivity index is 1.26. The van der Waals surface area contributed by atoms with Crippen molar-refractivity contribution < 1.29 is 9.53 Å². The van der Waals surface area contributed by atoms with Crippen molar-refractivity contribution in [1.82, 2.24) is 14.8 Å². The van der Waals surface area contributed by atoms with Crippen LogP contribution in [0.3, 0.4) is 0 Å². The number of aromatic nitrogens is 1. The minimum Gasteiger partial charge on any atom is -0.484 e. The van der Waals surface area contributed by atoms with Crippen molar-refractivity contribution in [1.29, 1.82) is 0 Å². The Kier molecular flexibility index (Phi) is 5.59. The van der Waals surface area contributed by atoms with E-state index in [0.717, 1.165) is 49.0 Å². The Morgan fingerprint density at radius 1 is 1.07 bits per heavy atom. The minimum absolute atomic E-state index is 0.0536. The van der Waals surface area contributed by atoms with E-state index in [1.54, 1.807) is 11.3 Å². The Morgan fingerprint density at radius 3 is 2.61 bits per heavy atom. The molecule has 0 unspecified atom stereocenters. The number of ether oxygens (including phenoxy) is 1. The zero-order valence-electron chi connectivity index (χ0n) is 16.4. The van der Waals surface area contributed by atoms with Crippen LogP contribution in [0.4, 0.5) is 0 Å². The quantitative estimate of drug-likeness (QED) is 0.662. The number of thiazole rings is 1. The minimum atomic E-state index is 0.0536. The maximum absolute atomic E-state index is 12.5. The van der Waals surface area contributed by atoms with Crippen LogP contribution in [0.2, 0.25) is 0 Å². The molecule has 146 valence electrons. The summed E-state index contributed by atoms with van der Waals surface area (Å²) in [7, 11) is 0. The van der Waals surface area contributed by atoms with Gasteiger partial charge in [0.05, 0.1) is 16.8 Å². The van der Waals surface area contributed by atoms with Gasteiger partial charge in [-0.1, -0.05) is 18.2 Å². The summed E-state index contributed by atoms with van der Waals surface area (Å²) in [6.07, 6.45) is 0. The molecule has 6 heteroatoms. The molecule has 3 aromatic rings. The fourth-order valence-electron chi connectivity index (χ4n) is 3.37. The van der Waals surface area contributed by atoms with Gasteiger partial charge in [0.15, 0.2) is 6.61 Å². The first kappa shape index (κ1) is 18.9. The van der Waals surface area contributed by atoms with Gasteiger partial charge in [0.2, 0.25) is 0 Å². The molecule has 0 N–H and O–H groups in total. The highest BCUT2D eigenvalue weighted by molar-refractivity contribution is 7.18. The van der Waals surface area contributed by atoms with E-state index in [2.05, 4.69) is 36.9 Å². The summed E-state index contributed by atoms with van der Waals surface area (Å²) in [5.41, 5.74) is 3.47. The number of piperazine rings is 1. The molecule has 0 bridgehead atoms. The zero-order chi connectivity index (χ0) is 19.5. The number of fused-ring (bicyclic) bond motifs is 1. The summed E-state index contributed by atoms with van der Waals surface area (Å²) < 4.78 is 6.93. The highest BCUT2D eigenvalue weighted by atomic mass is 32.1. The normalized spacial score (nSPS) is 15.1.